The minimum absolute atomic E-state index is 0. The normalized spacial score (nSPS) is 28.2. The number of benzene rings is 3. The van der Waals surface area contributed by atoms with E-state index in [0.29, 0.717) is 13.2 Å². The van der Waals surface area contributed by atoms with E-state index in [2.05, 4.69) is 165 Å². The van der Waals surface area contributed by atoms with Crippen LogP contribution in [0.2, 0.25) is 6.75 Å². The van der Waals surface area contributed by atoms with Crippen LogP contribution in [-0.2, 0) is 28.2 Å². The SMILES string of the molecule is CC12CCC3C(=C1[C](C)([Zr+2]([CH]1C=CC=C1)[CH](c1ccccc1)c1ccccc1)C(C)(C)C(C)(C)C2(C)C)Cc1ccccc13.[Cl-].[Cl-]. The third-order valence-electron chi connectivity index (χ3n) is 14.6. The first-order valence-electron chi connectivity index (χ1n) is 17.0. The maximum atomic E-state index is 2.82. The average Bonchev–Trinajstić information content (AvgIpc) is 3.67. The second kappa shape index (κ2) is 12.3. The summed E-state index contributed by atoms with van der Waals surface area (Å²) in [6.07, 6.45) is 13.6. The van der Waals surface area contributed by atoms with E-state index in [4.69, 9.17) is 0 Å². The summed E-state index contributed by atoms with van der Waals surface area (Å²) in [5.41, 5.74) is 10.5. The van der Waals surface area contributed by atoms with Crippen LogP contribution in [0.1, 0.15) is 100 Å². The van der Waals surface area contributed by atoms with Gasteiger partial charge in [0.2, 0.25) is 0 Å². The van der Waals surface area contributed by atoms with Gasteiger partial charge in [-0.2, -0.15) is 0 Å². The van der Waals surface area contributed by atoms with Crippen molar-refractivity contribution in [2.45, 2.75) is 90.9 Å². The number of halogens is 2. The zero-order valence-corrected chi connectivity index (χ0v) is 33.0. The molecule has 241 valence electrons. The third-order valence-corrected chi connectivity index (χ3v) is 25.4. The van der Waals surface area contributed by atoms with Crippen LogP contribution in [-0.4, -0.2) is 0 Å². The molecule has 0 nitrogen and oxygen atoms in total. The van der Waals surface area contributed by atoms with Crippen LogP contribution in [0, 0.1) is 21.7 Å². The van der Waals surface area contributed by atoms with E-state index in [0.717, 1.165) is 6.42 Å². The van der Waals surface area contributed by atoms with Crippen molar-refractivity contribution in [3.05, 3.63) is 143 Å². The van der Waals surface area contributed by atoms with Crippen molar-refractivity contribution in [3.63, 3.8) is 0 Å². The Hall–Kier alpha value is -1.66. The minimum Gasteiger partial charge on any atom is -1.00 e. The van der Waals surface area contributed by atoms with E-state index in [1.54, 1.807) is 11.1 Å². The molecule has 0 saturated heterocycles. The molecule has 0 N–H and O–H groups in total. The van der Waals surface area contributed by atoms with Gasteiger partial charge >= 0.3 is 277 Å². The van der Waals surface area contributed by atoms with Gasteiger partial charge in [-0.25, -0.2) is 0 Å². The van der Waals surface area contributed by atoms with Gasteiger partial charge in [-0.1, -0.05) is 0 Å². The first-order chi connectivity index (χ1) is 20.9. The van der Waals surface area contributed by atoms with Crippen molar-refractivity contribution in [2.24, 2.45) is 21.7 Å². The fraction of sp³-hybridized carbons (Fsp3) is 0.442. The Bertz CT molecular complexity index is 1610. The van der Waals surface area contributed by atoms with Gasteiger partial charge in [0.15, 0.2) is 0 Å². The van der Waals surface area contributed by atoms with Crippen molar-refractivity contribution < 1.29 is 46.6 Å². The standard InChI is InChI=1S/C25H35.C13H11.C5H5.2ClH.Zr/c1-16-21-20-15-17-11-9-10-12-18(17)19(20)13-14-25(21,8)24(6,7)23(4,5)22(16,2)3;1-3-7-12(8-4-1)11-13-9-5-2-6-10-13;1-2-4-5-3-1;;;/h9-12,19H,13-15H2,1-8H3;1-11H;1-5H;2*1H;/q;;;;;+2/p-2. The van der Waals surface area contributed by atoms with Crippen molar-refractivity contribution in [2.75, 3.05) is 0 Å². The van der Waals surface area contributed by atoms with Crippen LogP contribution in [0.4, 0.5) is 0 Å². The van der Waals surface area contributed by atoms with Crippen molar-refractivity contribution >= 4 is 0 Å². The Labute approximate surface area is 299 Å². The van der Waals surface area contributed by atoms with E-state index < -0.39 is 21.8 Å². The zero-order chi connectivity index (χ0) is 31.1. The quantitative estimate of drug-likeness (QED) is 0.282. The Morgan fingerprint density at radius 1 is 0.630 bits per heavy atom. The van der Waals surface area contributed by atoms with E-state index in [1.165, 1.54) is 24.0 Å². The molecule has 0 amide bonds. The molecular weight excluding hydrogens is 679 g/mol. The monoisotopic (exact) mass is 727 g/mol. The number of fused-ring (bicyclic) bond motifs is 4. The predicted molar refractivity (Wildman–Crippen MR) is 184 cm³/mol. The van der Waals surface area contributed by atoms with Crippen molar-refractivity contribution in [1.29, 1.82) is 0 Å². The third kappa shape index (κ3) is 4.68. The largest absolute Gasteiger partial charge is 1.00 e. The molecule has 3 heteroatoms. The minimum atomic E-state index is -2.74. The van der Waals surface area contributed by atoms with Crippen LogP contribution >= 0.6 is 0 Å². The molecule has 0 aliphatic heterocycles. The summed E-state index contributed by atoms with van der Waals surface area (Å²) in [6, 6.07) is 32.7. The first-order valence-corrected chi connectivity index (χ1v) is 21.1. The van der Waals surface area contributed by atoms with Crippen molar-refractivity contribution in [3.8, 4) is 0 Å². The Balaban J connectivity index is 0.00000208. The maximum Gasteiger partial charge on any atom is -1.00 e. The number of allylic oxidation sites excluding steroid dienone is 6. The summed E-state index contributed by atoms with van der Waals surface area (Å²) in [7, 11) is 0. The maximum absolute atomic E-state index is 2.82. The molecule has 0 spiro atoms. The Kier molecular flexibility index (Phi) is 9.57. The fourth-order valence-electron chi connectivity index (χ4n) is 10.8. The molecule has 3 aromatic rings. The molecule has 3 atom stereocenters. The van der Waals surface area contributed by atoms with Crippen molar-refractivity contribution in [1.82, 2.24) is 0 Å². The molecule has 0 heterocycles. The Morgan fingerprint density at radius 2 is 1.15 bits per heavy atom. The molecular formula is C43H51Cl2Zr. The van der Waals surface area contributed by atoms with Gasteiger partial charge in [0, 0.05) is 0 Å². The summed E-state index contributed by atoms with van der Waals surface area (Å²) in [5, 5.41) is 0. The molecule has 46 heavy (non-hydrogen) atoms. The number of rotatable bonds is 5. The number of hydrogen-bond donors (Lipinski definition) is 0. The number of hydrogen-bond acceptors (Lipinski definition) is 0. The first kappa shape index (κ1) is 35.6. The predicted octanol–water partition coefficient (Wildman–Crippen LogP) is 6.02. The molecule has 0 bridgehead atoms. The molecule has 3 unspecified atom stereocenters. The molecule has 0 radical (unpaired) electrons. The summed E-state index contributed by atoms with van der Waals surface area (Å²) in [4.78, 5) is 0. The summed E-state index contributed by atoms with van der Waals surface area (Å²) < 4.78 is 1.12. The smallest absolute Gasteiger partial charge is 1.00 e. The van der Waals surface area contributed by atoms with Crippen LogP contribution in [0.3, 0.4) is 0 Å². The second-order valence-corrected chi connectivity index (χ2v) is 24.0. The van der Waals surface area contributed by atoms with Gasteiger partial charge in [-0.05, 0) is 0 Å². The van der Waals surface area contributed by atoms with Crippen LogP contribution in [0.25, 0.3) is 0 Å². The van der Waals surface area contributed by atoms with E-state index >= 15 is 0 Å². The second-order valence-electron chi connectivity index (χ2n) is 16.2. The van der Waals surface area contributed by atoms with Crippen LogP contribution in [0.5, 0.6) is 0 Å². The van der Waals surface area contributed by atoms with E-state index in [-0.39, 0.29) is 49.6 Å². The molecule has 3 aromatic carbocycles. The van der Waals surface area contributed by atoms with Crippen LogP contribution in [0.15, 0.2) is 120 Å². The Morgan fingerprint density at radius 3 is 1.72 bits per heavy atom. The van der Waals surface area contributed by atoms with Gasteiger partial charge in [0.25, 0.3) is 0 Å². The topological polar surface area (TPSA) is 0 Å². The van der Waals surface area contributed by atoms with Gasteiger partial charge in [0.05, 0.1) is 0 Å². The van der Waals surface area contributed by atoms with E-state index in [1.807, 2.05) is 11.1 Å². The van der Waals surface area contributed by atoms with Gasteiger partial charge in [-0.3, -0.25) is 0 Å². The van der Waals surface area contributed by atoms with Gasteiger partial charge in [0.1, 0.15) is 0 Å². The molecule has 4 aliphatic rings. The average molecular weight is 730 g/mol. The zero-order valence-electron chi connectivity index (χ0n) is 29.0. The van der Waals surface area contributed by atoms with Crippen LogP contribution < -0.4 is 24.8 Å². The van der Waals surface area contributed by atoms with E-state index in [9.17, 15) is 0 Å². The molecule has 7 rings (SSSR count). The van der Waals surface area contributed by atoms with Gasteiger partial charge < -0.3 is 24.8 Å². The molecule has 1 fully saturated rings. The van der Waals surface area contributed by atoms with Gasteiger partial charge in [-0.15, -0.1) is 0 Å². The summed E-state index contributed by atoms with van der Waals surface area (Å²) >= 11 is -2.74. The fourth-order valence-corrected chi connectivity index (χ4v) is 23.4. The molecule has 4 aliphatic carbocycles. The summed E-state index contributed by atoms with van der Waals surface area (Å²) in [6.45, 7) is 21.5. The molecule has 0 aromatic heterocycles. The molecule has 1 saturated carbocycles. The summed E-state index contributed by atoms with van der Waals surface area (Å²) in [5.74, 6) is 0.576.